The lowest BCUT2D eigenvalue weighted by Gasteiger charge is -2.05. The minimum absolute atomic E-state index is 0.0946. The smallest absolute Gasteiger partial charge is 0.295 e. The van der Waals surface area contributed by atoms with E-state index in [0.29, 0.717) is 16.5 Å². The molecule has 2 rings (SSSR count). The van der Waals surface area contributed by atoms with E-state index >= 15 is 0 Å². The second-order valence-corrected chi connectivity index (χ2v) is 4.98. The maximum absolute atomic E-state index is 11.7. The summed E-state index contributed by atoms with van der Waals surface area (Å²) in [7, 11) is 0. The Labute approximate surface area is 116 Å². The van der Waals surface area contributed by atoms with Gasteiger partial charge in [0, 0.05) is 3.57 Å². The van der Waals surface area contributed by atoms with Gasteiger partial charge in [0.05, 0.1) is 10.7 Å². The largest absolute Gasteiger partial charge is 0.318 e. The molecule has 2 aromatic rings. The Hall–Kier alpha value is -1.15. The van der Waals surface area contributed by atoms with Crippen molar-refractivity contribution in [2.75, 3.05) is 5.32 Å². The number of hydrogen-bond donors (Lipinski definition) is 2. The van der Waals surface area contributed by atoms with Crippen LogP contribution >= 0.6 is 34.2 Å². The Morgan fingerprint density at radius 1 is 1.53 bits per heavy atom. The van der Waals surface area contributed by atoms with Crippen molar-refractivity contribution in [3.63, 3.8) is 0 Å². The van der Waals surface area contributed by atoms with Crippen molar-refractivity contribution in [3.8, 4) is 0 Å². The summed E-state index contributed by atoms with van der Waals surface area (Å²) in [5, 5.41) is 9.50. The minimum atomic E-state index is -0.391. The van der Waals surface area contributed by atoms with Crippen molar-refractivity contribution in [2.45, 2.75) is 6.92 Å². The molecule has 0 atom stereocenters. The Kier molecular flexibility index (Phi) is 3.63. The third kappa shape index (κ3) is 2.95. The van der Waals surface area contributed by atoms with Crippen molar-refractivity contribution in [1.82, 2.24) is 15.2 Å². The first-order valence-electron chi connectivity index (χ1n) is 4.71. The van der Waals surface area contributed by atoms with Gasteiger partial charge in [-0.25, -0.2) is 4.98 Å². The summed E-state index contributed by atoms with van der Waals surface area (Å²) >= 11 is 8.14. The van der Waals surface area contributed by atoms with Crippen LogP contribution in [0.5, 0.6) is 0 Å². The standard InChI is InChI=1S/C10H8ClIN4O/c1-5-13-9(16-15-5)10(17)14-8-3-2-6(12)4-7(8)11/h2-4H,1H3,(H,14,17)(H,13,15,16). The van der Waals surface area contributed by atoms with Crippen molar-refractivity contribution >= 4 is 45.8 Å². The number of nitrogens with one attached hydrogen (secondary N) is 2. The van der Waals surface area contributed by atoms with E-state index in [4.69, 9.17) is 11.6 Å². The van der Waals surface area contributed by atoms with Crippen LogP contribution in [-0.2, 0) is 0 Å². The Bertz CT molecular complexity index is 569. The second-order valence-electron chi connectivity index (χ2n) is 3.32. The van der Waals surface area contributed by atoms with Gasteiger partial charge in [0.2, 0.25) is 5.82 Å². The number of rotatable bonds is 2. The van der Waals surface area contributed by atoms with E-state index in [1.165, 1.54) is 0 Å². The molecule has 0 spiro atoms. The lowest BCUT2D eigenvalue weighted by atomic mass is 10.3. The van der Waals surface area contributed by atoms with Crippen LogP contribution < -0.4 is 5.32 Å². The van der Waals surface area contributed by atoms with Crippen molar-refractivity contribution in [3.05, 3.63) is 38.4 Å². The summed E-state index contributed by atoms with van der Waals surface area (Å²) in [4.78, 5) is 15.7. The normalized spacial score (nSPS) is 10.3. The third-order valence-electron chi connectivity index (χ3n) is 1.98. The number of anilines is 1. The fraction of sp³-hybridized carbons (Fsp3) is 0.100. The van der Waals surface area contributed by atoms with E-state index in [0.717, 1.165) is 3.57 Å². The molecular formula is C10H8ClIN4O. The topological polar surface area (TPSA) is 70.7 Å². The van der Waals surface area contributed by atoms with Gasteiger partial charge in [0.15, 0.2) is 0 Å². The molecule has 0 aliphatic carbocycles. The van der Waals surface area contributed by atoms with E-state index in [9.17, 15) is 4.79 Å². The lowest BCUT2D eigenvalue weighted by Crippen LogP contribution is -2.14. The highest BCUT2D eigenvalue weighted by molar-refractivity contribution is 14.1. The predicted octanol–water partition coefficient (Wildman–Crippen LogP) is 2.62. The van der Waals surface area contributed by atoms with Crippen LogP contribution in [0.15, 0.2) is 18.2 Å². The number of aromatic nitrogens is 3. The van der Waals surface area contributed by atoms with Crippen molar-refractivity contribution in [2.24, 2.45) is 0 Å². The number of aromatic amines is 1. The third-order valence-corrected chi connectivity index (χ3v) is 2.96. The molecule has 0 saturated carbocycles. The van der Waals surface area contributed by atoms with Gasteiger partial charge in [-0.3, -0.25) is 9.89 Å². The molecular weight excluding hydrogens is 354 g/mol. The summed E-state index contributed by atoms with van der Waals surface area (Å²) in [5.41, 5.74) is 0.541. The summed E-state index contributed by atoms with van der Waals surface area (Å²) < 4.78 is 0.999. The fourth-order valence-electron chi connectivity index (χ4n) is 1.21. The second kappa shape index (κ2) is 5.01. The molecule has 17 heavy (non-hydrogen) atoms. The number of H-pyrrole nitrogens is 1. The van der Waals surface area contributed by atoms with Gasteiger partial charge >= 0.3 is 0 Å². The number of aryl methyl sites for hydroxylation is 1. The highest BCUT2D eigenvalue weighted by Crippen LogP contribution is 2.24. The van der Waals surface area contributed by atoms with E-state index in [1.54, 1.807) is 19.1 Å². The number of carbonyl (C=O) groups is 1. The molecule has 7 heteroatoms. The Morgan fingerprint density at radius 3 is 2.88 bits per heavy atom. The SMILES string of the molecule is Cc1nc(C(=O)Nc2ccc(I)cc2Cl)n[nH]1. The van der Waals surface area contributed by atoms with E-state index in [2.05, 4.69) is 43.1 Å². The van der Waals surface area contributed by atoms with Crippen LogP contribution in [0.4, 0.5) is 5.69 Å². The van der Waals surface area contributed by atoms with Crippen LogP contribution in [0, 0.1) is 10.5 Å². The van der Waals surface area contributed by atoms with Crippen LogP contribution in [0.2, 0.25) is 5.02 Å². The maximum Gasteiger partial charge on any atom is 0.295 e. The first kappa shape index (κ1) is 12.3. The van der Waals surface area contributed by atoms with Crippen LogP contribution in [0.1, 0.15) is 16.4 Å². The first-order chi connectivity index (χ1) is 8.06. The molecule has 1 heterocycles. The van der Waals surface area contributed by atoms with E-state index < -0.39 is 5.91 Å². The van der Waals surface area contributed by atoms with Gasteiger partial charge < -0.3 is 5.32 Å². The number of amides is 1. The zero-order chi connectivity index (χ0) is 12.4. The number of carbonyl (C=O) groups excluding carboxylic acids is 1. The molecule has 2 N–H and O–H groups in total. The van der Waals surface area contributed by atoms with Crippen molar-refractivity contribution < 1.29 is 4.79 Å². The van der Waals surface area contributed by atoms with Gasteiger partial charge in [0.1, 0.15) is 5.82 Å². The Balaban J connectivity index is 2.18. The van der Waals surface area contributed by atoms with Crippen LogP contribution in [0.3, 0.4) is 0 Å². The Morgan fingerprint density at radius 2 is 2.29 bits per heavy atom. The molecule has 0 fully saturated rings. The molecule has 1 amide bonds. The number of halogens is 2. The highest BCUT2D eigenvalue weighted by Gasteiger charge is 2.12. The van der Waals surface area contributed by atoms with Crippen LogP contribution in [0.25, 0.3) is 0 Å². The predicted molar refractivity (Wildman–Crippen MR) is 73.2 cm³/mol. The zero-order valence-electron chi connectivity index (χ0n) is 8.79. The summed E-state index contributed by atoms with van der Waals surface area (Å²) in [6.45, 7) is 1.72. The van der Waals surface area contributed by atoms with Gasteiger partial charge in [-0.1, -0.05) is 11.6 Å². The maximum atomic E-state index is 11.7. The fourth-order valence-corrected chi connectivity index (χ4v) is 2.12. The zero-order valence-corrected chi connectivity index (χ0v) is 11.7. The van der Waals surface area contributed by atoms with Crippen molar-refractivity contribution in [1.29, 1.82) is 0 Å². The summed E-state index contributed by atoms with van der Waals surface area (Å²) in [5.74, 6) is 0.290. The molecule has 0 aliphatic heterocycles. The summed E-state index contributed by atoms with van der Waals surface area (Å²) in [6.07, 6.45) is 0. The molecule has 0 unspecified atom stereocenters. The highest BCUT2D eigenvalue weighted by atomic mass is 127. The molecule has 0 bridgehead atoms. The van der Waals surface area contributed by atoms with Crippen LogP contribution in [-0.4, -0.2) is 21.1 Å². The number of hydrogen-bond acceptors (Lipinski definition) is 3. The lowest BCUT2D eigenvalue weighted by molar-refractivity contribution is 0.101. The first-order valence-corrected chi connectivity index (χ1v) is 6.17. The number of benzene rings is 1. The molecule has 0 radical (unpaired) electrons. The quantitative estimate of drug-likeness (QED) is 0.807. The molecule has 1 aromatic carbocycles. The molecule has 88 valence electrons. The van der Waals surface area contributed by atoms with Gasteiger partial charge in [-0.2, -0.15) is 0 Å². The van der Waals surface area contributed by atoms with E-state index in [1.807, 2.05) is 6.07 Å². The molecule has 1 aromatic heterocycles. The monoisotopic (exact) mass is 362 g/mol. The average molecular weight is 363 g/mol. The number of nitrogens with zero attached hydrogens (tertiary/aromatic N) is 2. The van der Waals surface area contributed by atoms with Gasteiger partial charge in [-0.05, 0) is 47.7 Å². The molecule has 5 nitrogen and oxygen atoms in total. The molecule has 0 aliphatic rings. The summed E-state index contributed by atoms with van der Waals surface area (Å²) in [6, 6.07) is 5.35. The average Bonchev–Trinajstić information content (AvgIpc) is 2.69. The van der Waals surface area contributed by atoms with Gasteiger partial charge in [-0.15, -0.1) is 5.10 Å². The van der Waals surface area contributed by atoms with E-state index in [-0.39, 0.29) is 5.82 Å². The molecule has 0 saturated heterocycles. The minimum Gasteiger partial charge on any atom is -0.318 e. The van der Waals surface area contributed by atoms with Gasteiger partial charge in [0.25, 0.3) is 5.91 Å².